The van der Waals surface area contributed by atoms with Gasteiger partial charge in [-0.1, -0.05) is 330 Å². The van der Waals surface area contributed by atoms with Crippen LogP contribution in [0.15, 0.2) is 0 Å². The highest BCUT2D eigenvalue weighted by atomic mass is 31.2. The van der Waals surface area contributed by atoms with Gasteiger partial charge in [0.1, 0.15) is 19.3 Å². The fraction of sp³-hybridized carbons (Fsp3) is 0.946. The topological polar surface area (TPSA) is 237 Å². The van der Waals surface area contributed by atoms with Crippen molar-refractivity contribution in [3.63, 3.8) is 0 Å². The average Bonchev–Trinajstić information content (AvgIpc) is 2.09. The molecule has 3 N–H and O–H groups in total. The van der Waals surface area contributed by atoms with Gasteiger partial charge in [-0.3, -0.25) is 37.3 Å². The van der Waals surface area contributed by atoms with Crippen LogP contribution in [0.5, 0.6) is 0 Å². The van der Waals surface area contributed by atoms with E-state index in [2.05, 4.69) is 41.5 Å². The quantitative estimate of drug-likeness (QED) is 0.0222. The van der Waals surface area contributed by atoms with Crippen LogP contribution in [0.2, 0.25) is 0 Å². The number of phosphoric acid groups is 2. The van der Waals surface area contributed by atoms with E-state index in [-0.39, 0.29) is 25.7 Å². The van der Waals surface area contributed by atoms with Crippen molar-refractivity contribution < 1.29 is 80.2 Å². The molecule has 2 unspecified atom stereocenters. The van der Waals surface area contributed by atoms with Gasteiger partial charge in [0.05, 0.1) is 26.4 Å². The molecular formula is C74H144O17P2. The third-order valence-electron chi connectivity index (χ3n) is 17.2. The summed E-state index contributed by atoms with van der Waals surface area (Å²) < 4.78 is 68.4. The lowest BCUT2D eigenvalue weighted by Gasteiger charge is -2.21. The van der Waals surface area contributed by atoms with Crippen molar-refractivity contribution in [2.24, 2.45) is 11.8 Å². The summed E-state index contributed by atoms with van der Waals surface area (Å²) in [6.45, 7) is 9.50. The van der Waals surface area contributed by atoms with Crippen LogP contribution in [0.1, 0.15) is 382 Å². The molecule has 0 aromatic rings. The Bertz CT molecular complexity index is 1800. The Kier molecular flexibility index (Phi) is 64.6. The third kappa shape index (κ3) is 68.4. The van der Waals surface area contributed by atoms with Crippen molar-refractivity contribution >= 4 is 39.5 Å². The number of carbonyl (C=O) groups excluding carboxylic acids is 4. The lowest BCUT2D eigenvalue weighted by atomic mass is 10.0. The van der Waals surface area contributed by atoms with Crippen LogP contribution in [0.25, 0.3) is 0 Å². The highest BCUT2D eigenvalue weighted by Gasteiger charge is 2.30. The third-order valence-corrected chi connectivity index (χ3v) is 19.1. The lowest BCUT2D eigenvalue weighted by molar-refractivity contribution is -0.161. The molecule has 0 amide bonds. The van der Waals surface area contributed by atoms with Crippen LogP contribution < -0.4 is 0 Å². The average molecular weight is 1370 g/mol. The summed E-state index contributed by atoms with van der Waals surface area (Å²) in [7, 11) is -9.90. The predicted molar refractivity (Wildman–Crippen MR) is 377 cm³/mol. The Labute approximate surface area is 568 Å². The Morgan fingerprint density at radius 3 is 0.731 bits per heavy atom. The molecule has 17 nitrogen and oxygen atoms in total. The summed E-state index contributed by atoms with van der Waals surface area (Å²) in [5.74, 6) is -0.661. The summed E-state index contributed by atoms with van der Waals surface area (Å²) in [5.41, 5.74) is 0. The zero-order chi connectivity index (χ0) is 68.6. The van der Waals surface area contributed by atoms with Crippen LogP contribution in [0.4, 0.5) is 0 Å². The van der Waals surface area contributed by atoms with Gasteiger partial charge in [-0.2, -0.15) is 0 Å². The number of hydrogen-bond donors (Lipinski definition) is 3. The number of aliphatic hydroxyl groups excluding tert-OH is 1. The van der Waals surface area contributed by atoms with Gasteiger partial charge in [0.2, 0.25) is 0 Å². The van der Waals surface area contributed by atoms with Gasteiger partial charge in [0.15, 0.2) is 12.2 Å². The molecule has 0 fully saturated rings. The Morgan fingerprint density at radius 1 is 0.290 bits per heavy atom. The largest absolute Gasteiger partial charge is 0.472 e. The summed E-state index contributed by atoms with van der Waals surface area (Å²) in [5, 5.41) is 10.6. The van der Waals surface area contributed by atoms with Gasteiger partial charge in [-0.25, -0.2) is 9.13 Å². The normalized spacial score (nSPS) is 14.1. The molecule has 0 aliphatic carbocycles. The number of aliphatic hydroxyl groups is 1. The van der Waals surface area contributed by atoms with E-state index in [0.717, 1.165) is 102 Å². The first-order valence-electron chi connectivity index (χ1n) is 38.5. The molecule has 0 aliphatic rings. The van der Waals surface area contributed by atoms with Crippen LogP contribution >= 0.6 is 15.6 Å². The van der Waals surface area contributed by atoms with E-state index in [0.29, 0.717) is 25.7 Å². The second kappa shape index (κ2) is 66.0. The van der Waals surface area contributed by atoms with Gasteiger partial charge in [-0.15, -0.1) is 0 Å². The minimum absolute atomic E-state index is 0.104. The zero-order valence-electron chi connectivity index (χ0n) is 60.6. The SMILES string of the molecule is CCCCCCCCCCCCCCCCCCCCCCCC(=O)O[C@H](COC(=O)CCCCCCCCCCCC(C)C)COP(=O)(O)OC[C@@H](O)COP(=O)(O)OC[C@@H](COC(=O)CCCCCCCCCCC)OC(=O)CCCCCCCCCCC(C)C. The predicted octanol–water partition coefficient (Wildman–Crippen LogP) is 21.6. The first-order chi connectivity index (χ1) is 44.9. The van der Waals surface area contributed by atoms with Crippen molar-refractivity contribution in [2.75, 3.05) is 39.6 Å². The highest BCUT2D eigenvalue weighted by molar-refractivity contribution is 7.47. The smallest absolute Gasteiger partial charge is 0.462 e. The molecule has 0 saturated heterocycles. The van der Waals surface area contributed by atoms with E-state index in [4.69, 9.17) is 37.0 Å². The number of hydrogen-bond acceptors (Lipinski definition) is 15. The van der Waals surface area contributed by atoms with E-state index in [9.17, 15) is 43.2 Å². The number of rotatable bonds is 73. The summed E-state index contributed by atoms with van der Waals surface area (Å²) in [6.07, 6.45) is 53.0. The fourth-order valence-electron chi connectivity index (χ4n) is 11.3. The standard InChI is InChI=1S/C74H144O17P2/c1-7-9-11-13-15-17-18-19-20-21-22-23-24-25-26-27-28-32-40-46-52-58-73(78)90-69(63-85-72(77)57-51-45-39-33-29-31-36-42-48-54-66(3)4)64-88-92(80,81)86-60-68(75)61-87-93(82,83)89-65-70(62-84-71(76)56-50-44-38-30-16-14-12-10-8-2)91-74(79)59-53-47-41-35-34-37-43-49-55-67(5)6/h66-70,75H,7-65H2,1-6H3,(H,80,81)(H,82,83)/t68-,69-,70-/m1/s1. The van der Waals surface area contributed by atoms with Crippen molar-refractivity contribution in [3.05, 3.63) is 0 Å². The number of esters is 4. The zero-order valence-corrected chi connectivity index (χ0v) is 62.3. The van der Waals surface area contributed by atoms with Crippen molar-refractivity contribution in [3.8, 4) is 0 Å². The van der Waals surface area contributed by atoms with E-state index >= 15 is 0 Å². The summed E-state index contributed by atoms with van der Waals surface area (Å²) in [4.78, 5) is 72.6. The van der Waals surface area contributed by atoms with Crippen molar-refractivity contribution in [2.45, 2.75) is 400 Å². The second-order valence-electron chi connectivity index (χ2n) is 27.6. The monoisotopic (exact) mass is 1370 g/mol. The van der Waals surface area contributed by atoms with Crippen LogP contribution in [-0.2, 0) is 65.4 Å². The Morgan fingerprint density at radius 2 is 0.495 bits per heavy atom. The highest BCUT2D eigenvalue weighted by Crippen LogP contribution is 2.45. The molecule has 0 aromatic heterocycles. The molecule has 0 spiro atoms. The van der Waals surface area contributed by atoms with Crippen LogP contribution in [0, 0.1) is 11.8 Å². The summed E-state index contributed by atoms with van der Waals surface area (Å²) >= 11 is 0. The molecule has 93 heavy (non-hydrogen) atoms. The van der Waals surface area contributed by atoms with Crippen molar-refractivity contribution in [1.29, 1.82) is 0 Å². The van der Waals surface area contributed by atoms with Gasteiger partial charge in [0, 0.05) is 25.7 Å². The molecular weight excluding hydrogens is 1220 g/mol. The van der Waals surface area contributed by atoms with E-state index in [1.54, 1.807) is 0 Å². The lowest BCUT2D eigenvalue weighted by Crippen LogP contribution is -2.30. The molecule has 5 atom stereocenters. The molecule has 0 radical (unpaired) electrons. The van der Waals surface area contributed by atoms with Gasteiger partial charge in [0.25, 0.3) is 0 Å². The van der Waals surface area contributed by atoms with Gasteiger partial charge >= 0.3 is 39.5 Å². The first kappa shape index (κ1) is 91.1. The molecule has 0 rings (SSSR count). The Hall–Kier alpha value is -1.94. The van der Waals surface area contributed by atoms with E-state index in [1.807, 2.05) is 0 Å². The Balaban J connectivity index is 5.17. The molecule has 552 valence electrons. The minimum Gasteiger partial charge on any atom is -0.462 e. The van der Waals surface area contributed by atoms with Gasteiger partial charge in [-0.05, 0) is 37.5 Å². The number of unbranched alkanes of at least 4 members (excludes halogenated alkanes) is 43. The molecule has 0 aliphatic heterocycles. The maximum atomic E-state index is 13.1. The van der Waals surface area contributed by atoms with Gasteiger partial charge < -0.3 is 33.8 Å². The van der Waals surface area contributed by atoms with E-state index in [1.165, 1.54) is 199 Å². The maximum Gasteiger partial charge on any atom is 0.472 e. The van der Waals surface area contributed by atoms with Crippen LogP contribution in [0.3, 0.4) is 0 Å². The van der Waals surface area contributed by atoms with Crippen LogP contribution in [-0.4, -0.2) is 96.7 Å². The fourth-order valence-corrected chi connectivity index (χ4v) is 12.9. The molecule has 19 heteroatoms. The minimum atomic E-state index is -4.95. The first-order valence-corrected chi connectivity index (χ1v) is 41.5. The number of carbonyl (C=O) groups is 4. The number of phosphoric ester groups is 2. The van der Waals surface area contributed by atoms with Crippen molar-refractivity contribution in [1.82, 2.24) is 0 Å². The second-order valence-corrected chi connectivity index (χ2v) is 30.5. The maximum absolute atomic E-state index is 13.1. The summed E-state index contributed by atoms with van der Waals surface area (Å²) in [6, 6.07) is 0. The number of ether oxygens (including phenoxy) is 4. The molecule has 0 saturated carbocycles. The molecule has 0 heterocycles. The molecule has 0 aromatic carbocycles. The molecule has 0 bridgehead atoms. The van der Waals surface area contributed by atoms with E-state index < -0.39 is 97.5 Å².